The van der Waals surface area contributed by atoms with Crippen LogP contribution in [0.3, 0.4) is 0 Å². The van der Waals surface area contributed by atoms with Crippen LogP contribution in [0.2, 0.25) is 0 Å². The van der Waals surface area contributed by atoms with E-state index in [0.29, 0.717) is 5.56 Å². The SMILES string of the molecule is O=S1(=O)C[C@@H]2[C@H]1[C@]1(Cl)O[C@@]2(Cl)c2ccccc21. The van der Waals surface area contributed by atoms with Crippen LogP contribution in [-0.2, 0) is 24.7 Å². The second kappa shape index (κ2) is 2.67. The lowest BCUT2D eigenvalue weighted by atomic mass is 9.83. The minimum absolute atomic E-state index is 0.0595. The molecule has 0 radical (unpaired) electrons. The molecule has 3 aliphatic heterocycles. The predicted octanol–water partition coefficient (Wildman–Crippen LogP) is 1.93. The van der Waals surface area contributed by atoms with E-state index in [0.717, 1.165) is 5.56 Å². The third-order valence-corrected chi connectivity index (χ3v) is 7.43. The highest BCUT2D eigenvalue weighted by Gasteiger charge is 2.78. The Labute approximate surface area is 109 Å². The van der Waals surface area contributed by atoms with Crippen LogP contribution in [-0.4, -0.2) is 19.4 Å². The molecule has 3 aliphatic rings. The average Bonchev–Trinajstić information content (AvgIpc) is 2.58. The Morgan fingerprint density at radius 2 is 1.76 bits per heavy atom. The summed E-state index contributed by atoms with van der Waals surface area (Å²) in [6.07, 6.45) is 0. The molecule has 0 N–H and O–H groups in total. The Kier molecular flexibility index (Phi) is 1.66. The molecule has 2 bridgehead atoms. The summed E-state index contributed by atoms with van der Waals surface area (Å²) < 4.78 is 29.3. The Hall–Kier alpha value is -0.290. The normalized spacial score (nSPS) is 48.4. The highest BCUT2D eigenvalue weighted by molar-refractivity contribution is 7.93. The molecule has 90 valence electrons. The van der Waals surface area contributed by atoms with Gasteiger partial charge in [0.05, 0.1) is 5.75 Å². The summed E-state index contributed by atoms with van der Waals surface area (Å²) in [5.74, 6) is -0.175. The third kappa shape index (κ3) is 0.951. The van der Waals surface area contributed by atoms with Crippen molar-refractivity contribution in [3.63, 3.8) is 0 Å². The molecule has 0 saturated carbocycles. The summed E-state index contributed by atoms with van der Waals surface area (Å²) in [7, 11) is -3.17. The van der Waals surface area contributed by atoms with Crippen molar-refractivity contribution in [1.82, 2.24) is 0 Å². The van der Waals surface area contributed by atoms with Crippen molar-refractivity contribution in [3.8, 4) is 0 Å². The number of rotatable bonds is 0. The fourth-order valence-electron chi connectivity index (χ4n) is 3.25. The van der Waals surface area contributed by atoms with Crippen molar-refractivity contribution in [1.29, 1.82) is 0 Å². The van der Waals surface area contributed by atoms with Crippen LogP contribution in [0, 0.1) is 5.92 Å². The molecule has 1 aromatic carbocycles. The zero-order chi connectivity index (χ0) is 12.1. The van der Waals surface area contributed by atoms with E-state index in [1.807, 2.05) is 18.2 Å². The average molecular weight is 291 g/mol. The lowest BCUT2D eigenvalue weighted by Crippen LogP contribution is -2.57. The van der Waals surface area contributed by atoms with E-state index in [9.17, 15) is 8.42 Å². The largest absolute Gasteiger partial charge is 0.328 e. The van der Waals surface area contributed by atoms with E-state index in [1.54, 1.807) is 6.07 Å². The van der Waals surface area contributed by atoms with Crippen molar-refractivity contribution in [2.75, 3.05) is 5.75 Å². The molecule has 1 aromatic rings. The van der Waals surface area contributed by atoms with Gasteiger partial charge in [0.1, 0.15) is 5.25 Å². The van der Waals surface area contributed by atoms with Crippen molar-refractivity contribution in [2.45, 2.75) is 15.4 Å². The fraction of sp³-hybridized carbons (Fsp3) is 0.455. The van der Waals surface area contributed by atoms with Crippen molar-refractivity contribution in [2.24, 2.45) is 5.92 Å². The molecule has 2 saturated heterocycles. The molecule has 4 atom stereocenters. The Morgan fingerprint density at radius 3 is 2.35 bits per heavy atom. The molecule has 6 heteroatoms. The minimum atomic E-state index is -3.17. The first-order valence-corrected chi connectivity index (χ1v) is 7.76. The molecule has 0 amide bonds. The molecule has 2 fully saturated rings. The number of hydrogen-bond donors (Lipinski definition) is 0. The first-order chi connectivity index (χ1) is 7.90. The van der Waals surface area contributed by atoms with Gasteiger partial charge in [-0.3, -0.25) is 0 Å². The lowest BCUT2D eigenvalue weighted by Gasteiger charge is -2.42. The number of hydrogen-bond acceptors (Lipinski definition) is 3. The van der Waals surface area contributed by atoms with E-state index in [-0.39, 0.29) is 11.7 Å². The summed E-state index contributed by atoms with van der Waals surface area (Å²) in [6.45, 7) is 0. The Bertz CT molecular complexity index is 644. The molecule has 0 spiro atoms. The summed E-state index contributed by atoms with van der Waals surface area (Å²) >= 11 is 12.9. The monoisotopic (exact) mass is 290 g/mol. The fourth-order valence-corrected chi connectivity index (χ4v) is 6.99. The van der Waals surface area contributed by atoms with E-state index in [1.165, 1.54) is 0 Å². The molecule has 0 aromatic heterocycles. The number of alkyl halides is 2. The van der Waals surface area contributed by atoms with E-state index in [4.69, 9.17) is 27.9 Å². The highest BCUT2D eigenvalue weighted by Crippen LogP contribution is 2.70. The smallest absolute Gasteiger partial charge is 0.187 e. The van der Waals surface area contributed by atoms with Crippen LogP contribution in [0.4, 0.5) is 0 Å². The zero-order valence-corrected chi connectivity index (χ0v) is 10.9. The van der Waals surface area contributed by atoms with Crippen molar-refractivity contribution in [3.05, 3.63) is 35.4 Å². The maximum absolute atomic E-state index is 11.8. The molecule has 4 rings (SSSR count). The van der Waals surface area contributed by atoms with E-state index < -0.39 is 25.2 Å². The van der Waals surface area contributed by atoms with Gasteiger partial charge in [0.2, 0.25) is 0 Å². The van der Waals surface area contributed by atoms with Crippen LogP contribution < -0.4 is 0 Å². The topological polar surface area (TPSA) is 43.4 Å². The first kappa shape index (κ1) is 10.6. The maximum Gasteiger partial charge on any atom is 0.187 e. The van der Waals surface area contributed by atoms with Gasteiger partial charge in [0, 0.05) is 17.0 Å². The quantitative estimate of drug-likeness (QED) is 0.686. The molecule has 17 heavy (non-hydrogen) atoms. The molecular weight excluding hydrogens is 283 g/mol. The molecular formula is C11H8Cl2O3S. The molecule has 0 aliphatic carbocycles. The predicted molar refractivity (Wildman–Crippen MR) is 63.7 cm³/mol. The minimum Gasteiger partial charge on any atom is -0.328 e. The van der Waals surface area contributed by atoms with Gasteiger partial charge in [-0.15, -0.1) is 0 Å². The van der Waals surface area contributed by atoms with E-state index in [2.05, 4.69) is 0 Å². The zero-order valence-electron chi connectivity index (χ0n) is 8.56. The summed E-state index contributed by atoms with van der Waals surface area (Å²) in [5.41, 5.74) is 1.51. The summed E-state index contributed by atoms with van der Waals surface area (Å²) in [4.78, 5) is 0. The van der Waals surface area contributed by atoms with Crippen molar-refractivity contribution >= 4 is 33.0 Å². The van der Waals surface area contributed by atoms with Crippen LogP contribution in [0.1, 0.15) is 11.1 Å². The number of fused-ring (bicyclic) bond motifs is 8. The second-order valence-electron chi connectivity index (χ2n) is 4.79. The van der Waals surface area contributed by atoms with Gasteiger partial charge >= 0.3 is 0 Å². The third-order valence-electron chi connectivity index (χ3n) is 3.97. The van der Waals surface area contributed by atoms with Gasteiger partial charge < -0.3 is 4.74 Å². The van der Waals surface area contributed by atoms with Gasteiger partial charge in [-0.1, -0.05) is 47.5 Å². The van der Waals surface area contributed by atoms with E-state index >= 15 is 0 Å². The number of benzene rings is 1. The molecule has 3 heterocycles. The van der Waals surface area contributed by atoms with Crippen LogP contribution >= 0.6 is 23.2 Å². The Balaban J connectivity index is 2.05. The summed E-state index contributed by atoms with van der Waals surface area (Å²) in [5, 5.41) is -3.06. The van der Waals surface area contributed by atoms with Crippen LogP contribution in [0.15, 0.2) is 24.3 Å². The number of sulfone groups is 1. The maximum atomic E-state index is 11.8. The van der Waals surface area contributed by atoms with Gasteiger partial charge in [-0.25, -0.2) is 8.42 Å². The van der Waals surface area contributed by atoms with Gasteiger partial charge in [0.15, 0.2) is 20.0 Å². The first-order valence-electron chi connectivity index (χ1n) is 5.29. The number of halogens is 2. The number of ether oxygens (including phenoxy) is 1. The second-order valence-corrected chi connectivity index (χ2v) is 8.08. The van der Waals surface area contributed by atoms with Crippen LogP contribution in [0.25, 0.3) is 0 Å². The summed E-state index contributed by atoms with van der Waals surface area (Å²) in [6, 6.07) is 7.31. The molecule has 0 unspecified atom stereocenters. The van der Waals surface area contributed by atoms with Gasteiger partial charge in [-0.2, -0.15) is 0 Å². The molecule has 3 nitrogen and oxygen atoms in total. The standard InChI is InChI=1S/C11H8Cl2O3S/c12-10-6-3-1-2-4-7(6)11(13,16-10)9-8(10)5-17(9,14)15/h1-4,8-9H,5H2/t8-,9+,10+,11-/m1/s1. The van der Waals surface area contributed by atoms with Gasteiger partial charge in [0.25, 0.3) is 0 Å². The van der Waals surface area contributed by atoms with Gasteiger partial charge in [-0.05, 0) is 0 Å². The van der Waals surface area contributed by atoms with Crippen LogP contribution in [0.5, 0.6) is 0 Å². The lowest BCUT2D eigenvalue weighted by molar-refractivity contribution is 0.00565. The highest BCUT2D eigenvalue weighted by atomic mass is 35.5. The Morgan fingerprint density at radius 1 is 1.18 bits per heavy atom. The van der Waals surface area contributed by atoms with Crippen molar-refractivity contribution < 1.29 is 13.2 Å².